The Kier molecular flexibility index (Phi) is 5.10. The van der Waals surface area contributed by atoms with Gasteiger partial charge in [0.2, 0.25) is 0 Å². The van der Waals surface area contributed by atoms with Crippen molar-refractivity contribution in [3.8, 4) is 0 Å². The van der Waals surface area contributed by atoms with Gasteiger partial charge in [0, 0.05) is 6.54 Å². The second-order valence-corrected chi connectivity index (χ2v) is 4.46. The van der Waals surface area contributed by atoms with Crippen LogP contribution in [-0.4, -0.2) is 11.7 Å². The number of ether oxygens (including phenoxy) is 1. The third kappa shape index (κ3) is 4.17. The van der Waals surface area contributed by atoms with Gasteiger partial charge in [-0.1, -0.05) is 54.6 Å². The van der Waals surface area contributed by atoms with E-state index in [2.05, 4.69) is 0 Å². The summed E-state index contributed by atoms with van der Waals surface area (Å²) in [7, 11) is 0. The fourth-order valence-corrected chi connectivity index (χ4v) is 1.83. The number of nitrogens with two attached hydrogens (primary N) is 1. The van der Waals surface area contributed by atoms with Crippen LogP contribution in [0.15, 0.2) is 54.6 Å². The van der Waals surface area contributed by atoms with Crippen molar-refractivity contribution in [1.29, 1.82) is 0 Å². The molecule has 2 aromatic carbocycles. The molecule has 0 aromatic heterocycles. The van der Waals surface area contributed by atoms with Crippen molar-refractivity contribution in [3.05, 3.63) is 71.3 Å². The van der Waals surface area contributed by atoms with Gasteiger partial charge in [0.15, 0.2) is 0 Å². The quantitative estimate of drug-likeness (QED) is 0.835. The lowest BCUT2D eigenvalue weighted by Crippen LogP contribution is -2.07. The second kappa shape index (κ2) is 7.04. The highest BCUT2D eigenvalue weighted by molar-refractivity contribution is 5.24. The van der Waals surface area contributed by atoms with Crippen LogP contribution in [0, 0.1) is 0 Å². The molecule has 0 bridgehead atoms. The van der Waals surface area contributed by atoms with Crippen LogP contribution in [0.4, 0.5) is 0 Å². The van der Waals surface area contributed by atoms with Crippen LogP contribution in [0.5, 0.6) is 0 Å². The molecule has 0 aliphatic rings. The fourth-order valence-electron chi connectivity index (χ4n) is 1.83. The van der Waals surface area contributed by atoms with E-state index in [0.717, 1.165) is 16.7 Å². The molecule has 0 aliphatic carbocycles. The molecule has 2 rings (SSSR count). The molecule has 0 saturated carbocycles. The molecule has 3 heteroatoms. The van der Waals surface area contributed by atoms with Crippen molar-refractivity contribution in [2.24, 2.45) is 5.73 Å². The molecule has 3 N–H and O–H groups in total. The van der Waals surface area contributed by atoms with E-state index in [-0.39, 0.29) is 6.61 Å². The number of aliphatic hydroxyl groups is 1. The number of benzene rings is 2. The van der Waals surface area contributed by atoms with Gasteiger partial charge in [0.05, 0.1) is 13.2 Å². The summed E-state index contributed by atoms with van der Waals surface area (Å²) < 4.78 is 5.52. The normalized spacial score (nSPS) is 12.3. The Morgan fingerprint density at radius 3 is 2.26 bits per heavy atom. The predicted molar refractivity (Wildman–Crippen MR) is 75.4 cm³/mol. The van der Waals surface area contributed by atoms with Gasteiger partial charge >= 0.3 is 0 Å². The van der Waals surface area contributed by atoms with E-state index in [4.69, 9.17) is 10.5 Å². The van der Waals surface area contributed by atoms with Crippen molar-refractivity contribution in [2.45, 2.75) is 19.3 Å². The maximum absolute atomic E-state index is 10.0. The van der Waals surface area contributed by atoms with Crippen LogP contribution >= 0.6 is 0 Å². The molecule has 0 amide bonds. The Morgan fingerprint density at radius 2 is 1.63 bits per heavy atom. The highest BCUT2D eigenvalue weighted by atomic mass is 16.5. The summed E-state index contributed by atoms with van der Waals surface area (Å²) in [5.41, 5.74) is 8.55. The van der Waals surface area contributed by atoms with E-state index >= 15 is 0 Å². The van der Waals surface area contributed by atoms with Crippen molar-refractivity contribution in [3.63, 3.8) is 0 Å². The van der Waals surface area contributed by atoms with E-state index in [9.17, 15) is 5.11 Å². The van der Waals surface area contributed by atoms with Gasteiger partial charge in [0.25, 0.3) is 0 Å². The Morgan fingerprint density at radius 1 is 0.947 bits per heavy atom. The third-order valence-corrected chi connectivity index (χ3v) is 2.99. The maximum Gasteiger partial charge on any atom is 0.102 e. The lowest BCUT2D eigenvalue weighted by Gasteiger charge is -2.12. The third-order valence-electron chi connectivity index (χ3n) is 2.99. The minimum absolute atomic E-state index is 0.289. The van der Waals surface area contributed by atoms with Crippen LogP contribution in [0.3, 0.4) is 0 Å². The Bertz CT molecular complexity index is 482. The largest absolute Gasteiger partial charge is 0.386 e. The predicted octanol–water partition coefficient (Wildman–Crippen LogP) is 2.40. The summed E-state index contributed by atoms with van der Waals surface area (Å²) in [6.07, 6.45) is -0.601. The zero-order chi connectivity index (χ0) is 13.5. The number of hydrogen-bond acceptors (Lipinski definition) is 3. The van der Waals surface area contributed by atoms with Crippen LogP contribution in [-0.2, 0) is 17.9 Å². The zero-order valence-electron chi connectivity index (χ0n) is 10.8. The first kappa shape index (κ1) is 13.7. The van der Waals surface area contributed by atoms with E-state index in [0.29, 0.717) is 13.2 Å². The molecule has 100 valence electrons. The van der Waals surface area contributed by atoms with Crippen molar-refractivity contribution >= 4 is 0 Å². The lowest BCUT2D eigenvalue weighted by atomic mass is 10.1. The van der Waals surface area contributed by atoms with Crippen LogP contribution < -0.4 is 5.73 Å². The molecule has 1 unspecified atom stereocenters. The highest BCUT2D eigenvalue weighted by Gasteiger charge is 2.07. The molecular weight excluding hydrogens is 238 g/mol. The summed E-state index contributed by atoms with van der Waals surface area (Å²) >= 11 is 0. The molecule has 1 atom stereocenters. The Labute approximate surface area is 113 Å². The van der Waals surface area contributed by atoms with Crippen molar-refractivity contribution in [1.82, 2.24) is 0 Å². The molecule has 3 nitrogen and oxygen atoms in total. The number of aliphatic hydroxyl groups excluding tert-OH is 1. The van der Waals surface area contributed by atoms with Gasteiger partial charge in [-0.25, -0.2) is 0 Å². The van der Waals surface area contributed by atoms with Crippen molar-refractivity contribution in [2.75, 3.05) is 6.61 Å². The molecule has 0 aliphatic heterocycles. The minimum Gasteiger partial charge on any atom is -0.386 e. The number of rotatable bonds is 6. The van der Waals surface area contributed by atoms with Crippen LogP contribution in [0.25, 0.3) is 0 Å². The summed E-state index contributed by atoms with van der Waals surface area (Å²) in [6.45, 7) is 1.32. The van der Waals surface area contributed by atoms with E-state index < -0.39 is 6.10 Å². The fraction of sp³-hybridized carbons (Fsp3) is 0.250. The second-order valence-electron chi connectivity index (χ2n) is 4.46. The maximum atomic E-state index is 10.0. The lowest BCUT2D eigenvalue weighted by molar-refractivity contribution is 0.0277. The number of hydrogen-bond donors (Lipinski definition) is 2. The summed E-state index contributed by atoms with van der Waals surface area (Å²) in [5, 5.41) is 10.0. The van der Waals surface area contributed by atoms with Gasteiger partial charge < -0.3 is 15.6 Å². The summed E-state index contributed by atoms with van der Waals surface area (Å²) in [6, 6.07) is 17.5. The molecule has 2 aromatic rings. The Balaban J connectivity index is 1.82. The van der Waals surface area contributed by atoms with Gasteiger partial charge in [-0.05, 0) is 16.7 Å². The molecule has 0 spiro atoms. The topological polar surface area (TPSA) is 55.5 Å². The average Bonchev–Trinajstić information content (AvgIpc) is 2.48. The zero-order valence-corrected chi connectivity index (χ0v) is 10.8. The molecule has 19 heavy (non-hydrogen) atoms. The van der Waals surface area contributed by atoms with E-state index in [1.165, 1.54) is 0 Å². The molecule has 0 heterocycles. The highest BCUT2D eigenvalue weighted by Crippen LogP contribution is 2.14. The van der Waals surface area contributed by atoms with Gasteiger partial charge in [-0.15, -0.1) is 0 Å². The molecular formula is C16H19NO2. The molecule has 0 saturated heterocycles. The summed E-state index contributed by atoms with van der Waals surface area (Å²) in [5.74, 6) is 0. The van der Waals surface area contributed by atoms with E-state index in [1.807, 2.05) is 54.6 Å². The standard InChI is InChI=1S/C16H19NO2/c17-10-13-6-8-15(9-7-13)16(18)12-19-11-14-4-2-1-3-5-14/h1-9,16,18H,10-12,17H2. The van der Waals surface area contributed by atoms with Gasteiger partial charge in [-0.2, -0.15) is 0 Å². The first-order valence-electron chi connectivity index (χ1n) is 6.38. The smallest absolute Gasteiger partial charge is 0.102 e. The van der Waals surface area contributed by atoms with Gasteiger partial charge in [0.1, 0.15) is 6.10 Å². The van der Waals surface area contributed by atoms with Crippen LogP contribution in [0.1, 0.15) is 22.8 Å². The SMILES string of the molecule is NCc1ccc(C(O)COCc2ccccc2)cc1. The van der Waals surface area contributed by atoms with Crippen LogP contribution in [0.2, 0.25) is 0 Å². The minimum atomic E-state index is -0.601. The molecule has 0 radical (unpaired) electrons. The van der Waals surface area contributed by atoms with Gasteiger partial charge in [-0.3, -0.25) is 0 Å². The molecule has 0 fully saturated rings. The van der Waals surface area contributed by atoms with E-state index in [1.54, 1.807) is 0 Å². The first-order chi connectivity index (χ1) is 9.29. The first-order valence-corrected chi connectivity index (χ1v) is 6.38. The Hall–Kier alpha value is -1.68. The monoisotopic (exact) mass is 257 g/mol. The summed E-state index contributed by atoms with van der Waals surface area (Å²) in [4.78, 5) is 0. The average molecular weight is 257 g/mol. The van der Waals surface area contributed by atoms with Crippen molar-refractivity contribution < 1.29 is 9.84 Å².